The van der Waals surface area contributed by atoms with Gasteiger partial charge in [-0.05, 0) is 32.9 Å². The summed E-state index contributed by atoms with van der Waals surface area (Å²) in [4.78, 5) is 49.1. The highest BCUT2D eigenvalue weighted by Crippen LogP contribution is 2.25. The summed E-state index contributed by atoms with van der Waals surface area (Å²) in [6.45, 7) is 12.9. The Balaban J connectivity index is 0.000000322. The number of hydrogen-bond donors (Lipinski definition) is 2. The average Bonchev–Trinajstić information content (AvgIpc) is 3.26. The van der Waals surface area contributed by atoms with Crippen molar-refractivity contribution in [3.63, 3.8) is 0 Å². The van der Waals surface area contributed by atoms with Crippen LogP contribution < -0.4 is 5.32 Å². The molecule has 2 aromatic rings. The minimum atomic E-state index is -0.859. The zero-order valence-electron chi connectivity index (χ0n) is 19.9. The van der Waals surface area contributed by atoms with Crippen molar-refractivity contribution in [2.45, 2.75) is 40.2 Å². The van der Waals surface area contributed by atoms with E-state index in [0.717, 1.165) is 32.2 Å². The first-order valence-electron chi connectivity index (χ1n) is 10.6. The van der Waals surface area contributed by atoms with Gasteiger partial charge in [-0.1, -0.05) is 13.8 Å². The van der Waals surface area contributed by atoms with Crippen LogP contribution in [0, 0.1) is 5.82 Å². The van der Waals surface area contributed by atoms with E-state index in [-0.39, 0.29) is 40.0 Å². The predicted molar refractivity (Wildman–Crippen MR) is 122 cm³/mol. The zero-order chi connectivity index (χ0) is 25.2. The minimum absolute atomic E-state index is 0.0880. The number of aromatic nitrogens is 1. The number of halogens is 1. The van der Waals surface area contributed by atoms with Gasteiger partial charge in [0.05, 0.1) is 23.8 Å². The van der Waals surface area contributed by atoms with Crippen molar-refractivity contribution in [1.82, 2.24) is 15.2 Å². The van der Waals surface area contributed by atoms with Crippen LogP contribution in [0.3, 0.4) is 0 Å². The number of Topliss-reactive ketones (excluding diaryl/α,β-unsaturated/α-hetero) is 1. The summed E-state index contributed by atoms with van der Waals surface area (Å²) >= 11 is 0. The molecule has 1 saturated heterocycles. The summed E-state index contributed by atoms with van der Waals surface area (Å²) in [5.74, 6) is -2.21. The molecule has 1 fully saturated rings. The van der Waals surface area contributed by atoms with Crippen molar-refractivity contribution >= 4 is 35.0 Å². The highest BCUT2D eigenvalue weighted by molar-refractivity contribution is 6.36. The largest absolute Gasteiger partial charge is 0.465 e. The Morgan fingerprint density at radius 1 is 1.09 bits per heavy atom. The lowest BCUT2D eigenvalue weighted by molar-refractivity contribution is -0.104. The number of carbonyl (C=O) groups is 4. The van der Waals surface area contributed by atoms with Gasteiger partial charge in [-0.3, -0.25) is 9.59 Å². The van der Waals surface area contributed by atoms with Crippen LogP contribution in [0.15, 0.2) is 18.3 Å². The van der Waals surface area contributed by atoms with E-state index in [9.17, 15) is 23.6 Å². The summed E-state index contributed by atoms with van der Waals surface area (Å²) in [5, 5.41) is 3.10. The third kappa shape index (κ3) is 7.67. The fourth-order valence-corrected chi connectivity index (χ4v) is 2.92. The first kappa shape index (κ1) is 27.8. The Morgan fingerprint density at radius 3 is 2.21 bits per heavy atom. The van der Waals surface area contributed by atoms with Gasteiger partial charge in [0.15, 0.2) is 6.29 Å². The van der Waals surface area contributed by atoms with Crippen LogP contribution in [0.2, 0.25) is 0 Å². The molecule has 10 heteroatoms. The molecular formula is C23H32FN3O6. The number of H-pyrrole nitrogens is 1. The van der Waals surface area contributed by atoms with E-state index < -0.39 is 17.6 Å². The number of rotatable bonds is 3. The lowest BCUT2D eigenvalue weighted by Crippen LogP contribution is -2.48. The number of piperazine rings is 1. The van der Waals surface area contributed by atoms with Crippen LogP contribution in [0.1, 0.15) is 55.3 Å². The maximum atomic E-state index is 13.7. The molecule has 1 amide bonds. The van der Waals surface area contributed by atoms with Crippen molar-refractivity contribution in [2.75, 3.05) is 33.3 Å². The van der Waals surface area contributed by atoms with E-state index in [1.165, 1.54) is 19.4 Å². The van der Waals surface area contributed by atoms with Gasteiger partial charge in [0, 0.05) is 37.8 Å². The molecule has 2 heterocycles. The molecule has 0 atom stereocenters. The maximum Gasteiger partial charge on any atom is 0.410 e. The molecule has 2 N–H and O–H groups in total. The van der Waals surface area contributed by atoms with E-state index >= 15 is 0 Å². The zero-order valence-corrected chi connectivity index (χ0v) is 19.9. The second kappa shape index (κ2) is 12.7. The van der Waals surface area contributed by atoms with Gasteiger partial charge in [0.1, 0.15) is 11.4 Å². The number of hydrogen-bond acceptors (Lipinski definition) is 7. The normalized spacial score (nSPS) is 13.1. The molecular weight excluding hydrogens is 433 g/mol. The van der Waals surface area contributed by atoms with Gasteiger partial charge in [-0.2, -0.15) is 0 Å². The number of amides is 1. The highest BCUT2D eigenvalue weighted by atomic mass is 19.1. The minimum Gasteiger partial charge on any atom is -0.465 e. The third-order valence-corrected chi connectivity index (χ3v) is 4.33. The first-order valence-corrected chi connectivity index (χ1v) is 10.6. The number of nitrogens with zero attached hydrogens (tertiary/aromatic N) is 1. The van der Waals surface area contributed by atoms with Gasteiger partial charge in [0.25, 0.3) is 0 Å². The van der Waals surface area contributed by atoms with Gasteiger partial charge in [0.2, 0.25) is 5.78 Å². The summed E-state index contributed by atoms with van der Waals surface area (Å²) in [6.07, 6.45) is 1.08. The Morgan fingerprint density at radius 2 is 1.70 bits per heavy atom. The van der Waals surface area contributed by atoms with Gasteiger partial charge < -0.3 is 24.7 Å². The van der Waals surface area contributed by atoms with Crippen molar-refractivity contribution in [1.29, 1.82) is 0 Å². The molecule has 0 radical (unpaired) electrons. The highest BCUT2D eigenvalue weighted by Gasteiger charge is 2.23. The Labute approximate surface area is 192 Å². The summed E-state index contributed by atoms with van der Waals surface area (Å²) in [5.41, 5.74) is -0.267. The number of aromatic amines is 1. The SMILES string of the molecule is CC.CC(C)(C)OC(=O)N1CCNCC1.COC(=O)c1ccc(F)c2c(C(=O)C=O)c[nH]c12. The molecule has 1 aliphatic rings. The molecule has 0 bridgehead atoms. The topological polar surface area (TPSA) is 118 Å². The summed E-state index contributed by atoms with van der Waals surface area (Å²) in [6, 6.07) is 2.29. The molecule has 1 aliphatic heterocycles. The van der Waals surface area contributed by atoms with E-state index in [4.69, 9.17) is 4.74 Å². The number of carbonyl (C=O) groups excluding carboxylic acids is 4. The molecule has 3 rings (SSSR count). The number of methoxy groups -OCH3 is 1. The van der Waals surface area contributed by atoms with Gasteiger partial charge >= 0.3 is 12.1 Å². The van der Waals surface area contributed by atoms with E-state index in [1.807, 2.05) is 34.6 Å². The van der Waals surface area contributed by atoms with Crippen molar-refractivity contribution in [3.8, 4) is 0 Å². The average molecular weight is 466 g/mol. The van der Waals surface area contributed by atoms with E-state index in [0.29, 0.717) is 0 Å². The van der Waals surface area contributed by atoms with Crippen LogP contribution in [0.4, 0.5) is 9.18 Å². The molecule has 0 saturated carbocycles. The number of benzene rings is 1. The van der Waals surface area contributed by atoms with Gasteiger partial charge in [-0.25, -0.2) is 14.0 Å². The van der Waals surface area contributed by atoms with Crippen molar-refractivity contribution in [2.24, 2.45) is 0 Å². The van der Waals surface area contributed by atoms with Crippen molar-refractivity contribution < 1.29 is 33.0 Å². The predicted octanol–water partition coefficient (Wildman–Crippen LogP) is 3.33. The number of aldehydes is 1. The molecule has 1 aromatic heterocycles. The number of ether oxygens (including phenoxy) is 2. The molecule has 182 valence electrons. The molecule has 0 unspecified atom stereocenters. The Hall–Kier alpha value is -3.27. The van der Waals surface area contributed by atoms with Crippen molar-refractivity contribution in [3.05, 3.63) is 35.3 Å². The van der Waals surface area contributed by atoms with E-state index in [2.05, 4.69) is 15.0 Å². The van der Waals surface area contributed by atoms with Crippen LogP contribution >= 0.6 is 0 Å². The summed E-state index contributed by atoms with van der Waals surface area (Å²) in [7, 11) is 1.19. The van der Waals surface area contributed by atoms with Crippen LogP contribution in [-0.4, -0.2) is 72.9 Å². The van der Waals surface area contributed by atoms with E-state index in [1.54, 1.807) is 4.90 Å². The second-order valence-electron chi connectivity index (χ2n) is 7.74. The monoisotopic (exact) mass is 465 g/mol. The van der Waals surface area contributed by atoms with Gasteiger partial charge in [-0.15, -0.1) is 0 Å². The number of nitrogens with one attached hydrogen (secondary N) is 2. The molecule has 1 aromatic carbocycles. The molecule has 9 nitrogen and oxygen atoms in total. The number of ketones is 1. The van der Waals surface area contributed by atoms with Crippen LogP contribution in [0.5, 0.6) is 0 Å². The maximum absolute atomic E-state index is 13.7. The standard InChI is InChI=1S/C12H8FNO4.C9H18N2O2.C2H6/c1-18-12(17)6-2-3-8(13)10-7(9(16)5-15)4-14-11(6)10;1-9(2,3)13-8(12)11-6-4-10-5-7-11;1-2/h2-5,14H,1H3;10H,4-7H2,1-3H3;1-2H3. The molecule has 33 heavy (non-hydrogen) atoms. The number of fused-ring (bicyclic) bond motifs is 1. The first-order chi connectivity index (χ1) is 15.6. The molecule has 0 aliphatic carbocycles. The molecule has 0 spiro atoms. The van der Waals surface area contributed by atoms with Crippen LogP contribution in [-0.2, 0) is 14.3 Å². The Kier molecular flexibility index (Phi) is 10.7. The number of esters is 1. The lowest BCUT2D eigenvalue weighted by atomic mass is 10.1. The smallest absolute Gasteiger partial charge is 0.410 e. The second-order valence-corrected chi connectivity index (χ2v) is 7.74. The quantitative estimate of drug-likeness (QED) is 0.309. The van der Waals surface area contributed by atoms with Crippen LogP contribution in [0.25, 0.3) is 10.9 Å². The lowest BCUT2D eigenvalue weighted by Gasteiger charge is -2.30. The fraction of sp³-hybridized carbons (Fsp3) is 0.478. The summed E-state index contributed by atoms with van der Waals surface area (Å²) < 4.78 is 23.5. The fourth-order valence-electron chi connectivity index (χ4n) is 2.92. The third-order valence-electron chi connectivity index (χ3n) is 4.33. The Bertz CT molecular complexity index is 974.